The number of ether oxygens (including phenoxy) is 1. The molecule has 1 aliphatic rings. The SMILES string of the molecule is Clc1ccc2ccn(CC3COc4ccccc43)c2c1. The van der Waals surface area contributed by atoms with Crippen molar-refractivity contribution in [1.82, 2.24) is 4.57 Å². The molecular formula is C17H14ClNO. The lowest BCUT2D eigenvalue weighted by Crippen LogP contribution is -2.09. The van der Waals surface area contributed by atoms with Crippen LogP contribution in [-0.2, 0) is 6.54 Å². The highest BCUT2D eigenvalue weighted by atomic mass is 35.5. The van der Waals surface area contributed by atoms with Crippen molar-refractivity contribution in [2.75, 3.05) is 6.61 Å². The first-order chi connectivity index (χ1) is 9.81. The van der Waals surface area contributed by atoms with Crippen LogP contribution >= 0.6 is 11.6 Å². The van der Waals surface area contributed by atoms with Gasteiger partial charge in [-0.1, -0.05) is 35.9 Å². The van der Waals surface area contributed by atoms with Gasteiger partial charge in [-0.3, -0.25) is 0 Å². The molecule has 2 aromatic carbocycles. The molecule has 3 heteroatoms. The molecule has 1 aliphatic heterocycles. The standard InChI is InChI=1S/C17H14ClNO/c18-14-6-5-12-7-8-19(16(12)9-14)10-13-11-20-17-4-2-1-3-15(13)17/h1-9,13H,10-11H2. The Labute approximate surface area is 122 Å². The molecule has 0 N–H and O–H groups in total. The van der Waals surface area contributed by atoms with Gasteiger partial charge in [-0.25, -0.2) is 0 Å². The summed E-state index contributed by atoms with van der Waals surface area (Å²) in [6.45, 7) is 1.67. The molecule has 0 fully saturated rings. The minimum atomic E-state index is 0.404. The molecule has 1 atom stereocenters. The van der Waals surface area contributed by atoms with Gasteiger partial charge in [0.1, 0.15) is 5.75 Å². The Morgan fingerprint density at radius 2 is 2.05 bits per heavy atom. The molecule has 20 heavy (non-hydrogen) atoms. The summed E-state index contributed by atoms with van der Waals surface area (Å²) in [5.74, 6) is 1.42. The maximum absolute atomic E-state index is 6.11. The Balaban J connectivity index is 1.70. The number of aromatic nitrogens is 1. The summed E-state index contributed by atoms with van der Waals surface area (Å²) in [6.07, 6.45) is 2.13. The Hall–Kier alpha value is -1.93. The molecule has 0 amide bonds. The number of hydrogen-bond donors (Lipinski definition) is 0. The average Bonchev–Trinajstić information content (AvgIpc) is 3.05. The van der Waals surface area contributed by atoms with E-state index < -0.39 is 0 Å². The van der Waals surface area contributed by atoms with Crippen molar-refractivity contribution in [2.45, 2.75) is 12.5 Å². The molecule has 1 unspecified atom stereocenters. The van der Waals surface area contributed by atoms with E-state index in [0.717, 1.165) is 23.9 Å². The largest absolute Gasteiger partial charge is 0.493 e. The third kappa shape index (κ3) is 1.88. The van der Waals surface area contributed by atoms with E-state index in [2.05, 4.69) is 35.0 Å². The molecular weight excluding hydrogens is 270 g/mol. The van der Waals surface area contributed by atoms with E-state index in [9.17, 15) is 0 Å². The van der Waals surface area contributed by atoms with Gasteiger partial charge in [0.05, 0.1) is 6.61 Å². The van der Waals surface area contributed by atoms with Crippen LogP contribution in [-0.4, -0.2) is 11.2 Å². The zero-order chi connectivity index (χ0) is 13.5. The number of rotatable bonds is 2. The van der Waals surface area contributed by atoms with E-state index in [1.165, 1.54) is 16.5 Å². The molecule has 2 nitrogen and oxygen atoms in total. The molecule has 0 saturated heterocycles. The van der Waals surface area contributed by atoms with E-state index >= 15 is 0 Å². The van der Waals surface area contributed by atoms with Crippen molar-refractivity contribution < 1.29 is 4.74 Å². The van der Waals surface area contributed by atoms with Gasteiger partial charge in [-0.05, 0) is 29.7 Å². The van der Waals surface area contributed by atoms with Crippen molar-refractivity contribution in [3.63, 3.8) is 0 Å². The summed E-state index contributed by atoms with van der Waals surface area (Å²) in [7, 11) is 0. The number of benzene rings is 2. The summed E-state index contributed by atoms with van der Waals surface area (Å²) in [5, 5.41) is 2.00. The van der Waals surface area contributed by atoms with E-state index in [4.69, 9.17) is 16.3 Å². The van der Waals surface area contributed by atoms with Crippen LogP contribution in [0.25, 0.3) is 10.9 Å². The van der Waals surface area contributed by atoms with E-state index in [1.54, 1.807) is 0 Å². The van der Waals surface area contributed by atoms with Gasteiger partial charge in [0.25, 0.3) is 0 Å². The van der Waals surface area contributed by atoms with Gasteiger partial charge in [-0.15, -0.1) is 0 Å². The normalized spacial score (nSPS) is 17.1. The van der Waals surface area contributed by atoms with E-state index in [1.807, 2.05) is 24.3 Å². The van der Waals surface area contributed by atoms with Crippen molar-refractivity contribution in [1.29, 1.82) is 0 Å². The highest BCUT2D eigenvalue weighted by Gasteiger charge is 2.24. The number of halogens is 1. The second-order valence-electron chi connectivity index (χ2n) is 5.22. The molecule has 2 heterocycles. The summed E-state index contributed by atoms with van der Waals surface area (Å²) < 4.78 is 8.02. The number of nitrogens with zero attached hydrogens (tertiary/aromatic N) is 1. The first kappa shape index (κ1) is 11.9. The van der Waals surface area contributed by atoms with Crippen LogP contribution in [0.4, 0.5) is 0 Å². The zero-order valence-electron chi connectivity index (χ0n) is 10.9. The van der Waals surface area contributed by atoms with Crippen LogP contribution in [0.15, 0.2) is 54.7 Å². The second-order valence-corrected chi connectivity index (χ2v) is 5.65. The molecule has 3 aromatic rings. The highest BCUT2D eigenvalue weighted by Crippen LogP contribution is 2.35. The lowest BCUT2D eigenvalue weighted by Gasteiger charge is -2.11. The van der Waals surface area contributed by atoms with E-state index in [0.29, 0.717) is 5.92 Å². The topological polar surface area (TPSA) is 14.2 Å². The number of para-hydroxylation sites is 1. The summed E-state index contributed by atoms with van der Waals surface area (Å²) in [5.41, 5.74) is 2.48. The Morgan fingerprint density at radius 1 is 1.15 bits per heavy atom. The van der Waals surface area contributed by atoms with Crippen LogP contribution in [0, 0.1) is 0 Å². The van der Waals surface area contributed by atoms with Crippen molar-refractivity contribution >= 4 is 22.5 Å². The smallest absolute Gasteiger partial charge is 0.122 e. The fraction of sp³-hybridized carbons (Fsp3) is 0.176. The van der Waals surface area contributed by atoms with Crippen molar-refractivity contribution in [3.05, 3.63) is 65.3 Å². The number of fused-ring (bicyclic) bond motifs is 2. The van der Waals surface area contributed by atoms with Crippen LogP contribution < -0.4 is 4.74 Å². The molecule has 0 spiro atoms. The second kappa shape index (κ2) is 4.57. The third-order valence-electron chi connectivity index (χ3n) is 3.95. The molecule has 0 aliphatic carbocycles. The average molecular weight is 284 g/mol. The van der Waals surface area contributed by atoms with Gasteiger partial charge < -0.3 is 9.30 Å². The minimum Gasteiger partial charge on any atom is -0.493 e. The Kier molecular flexibility index (Phi) is 2.71. The zero-order valence-corrected chi connectivity index (χ0v) is 11.7. The lowest BCUT2D eigenvalue weighted by molar-refractivity contribution is 0.320. The maximum atomic E-state index is 6.11. The highest BCUT2D eigenvalue weighted by molar-refractivity contribution is 6.31. The summed E-state index contributed by atoms with van der Waals surface area (Å²) >= 11 is 6.11. The maximum Gasteiger partial charge on any atom is 0.122 e. The van der Waals surface area contributed by atoms with Gasteiger partial charge in [0.15, 0.2) is 0 Å². The van der Waals surface area contributed by atoms with Crippen molar-refractivity contribution in [2.24, 2.45) is 0 Å². The lowest BCUT2D eigenvalue weighted by atomic mass is 10.0. The monoisotopic (exact) mass is 283 g/mol. The van der Waals surface area contributed by atoms with Gasteiger partial charge in [0, 0.05) is 34.8 Å². The third-order valence-corrected chi connectivity index (χ3v) is 4.19. The quantitative estimate of drug-likeness (QED) is 0.677. The fourth-order valence-corrected chi connectivity index (χ4v) is 3.10. The predicted molar refractivity (Wildman–Crippen MR) is 81.6 cm³/mol. The van der Waals surface area contributed by atoms with Crippen LogP contribution in [0.1, 0.15) is 11.5 Å². The molecule has 1 aromatic heterocycles. The van der Waals surface area contributed by atoms with Gasteiger partial charge in [0.2, 0.25) is 0 Å². The Bertz CT molecular complexity index is 778. The fourth-order valence-electron chi connectivity index (χ4n) is 2.93. The minimum absolute atomic E-state index is 0.404. The van der Waals surface area contributed by atoms with Gasteiger partial charge in [-0.2, -0.15) is 0 Å². The Morgan fingerprint density at radius 3 is 3.00 bits per heavy atom. The van der Waals surface area contributed by atoms with Crippen LogP contribution in [0.5, 0.6) is 5.75 Å². The molecule has 0 radical (unpaired) electrons. The summed E-state index contributed by atoms with van der Waals surface area (Å²) in [4.78, 5) is 0. The van der Waals surface area contributed by atoms with Crippen LogP contribution in [0.3, 0.4) is 0 Å². The number of hydrogen-bond acceptors (Lipinski definition) is 1. The first-order valence-corrected chi connectivity index (χ1v) is 7.15. The predicted octanol–water partition coefficient (Wildman–Crippen LogP) is 4.47. The summed E-state index contributed by atoms with van der Waals surface area (Å²) in [6, 6.07) is 16.4. The van der Waals surface area contributed by atoms with Crippen molar-refractivity contribution in [3.8, 4) is 5.75 Å². The molecule has 4 rings (SSSR count). The van der Waals surface area contributed by atoms with Gasteiger partial charge >= 0.3 is 0 Å². The van der Waals surface area contributed by atoms with Crippen LogP contribution in [0.2, 0.25) is 5.02 Å². The molecule has 100 valence electrons. The molecule has 0 bridgehead atoms. The first-order valence-electron chi connectivity index (χ1n) is 6.77. The van der Waals surface area contributed by atoms with E-state index in [-0.39, 0.29) is 0 Å². The molecule has 0 saturated carbocycles.